The van der Waals surface area contributed by atoms with Gasteiger partial charge in [0.15, 0.2) is 5.60 Å². The van der Waals surface area contributed by atoms with Crippen LogP contribution < -0.4 is 0 Å². The molecule has 8 nitrogen and oxygen atoms in total. The zero-order valence-electron chi connectivity index (χ0n) is 16.7. The van der Waals surface area contributed by atoms with E-state index in [0.29, 0.717) is 18.4 Å². The van der Waals surface area contributed by atoms with Gasteiger partial charge in [-0.3, -0.25) is 0 Å². The van der Waals surface area contributed by atoms with E-state index in [2.05, 4.69) is 13.8 Å². The molecule has 11 atom stereocenters. The van der Waals surface area contributed by atoms with Gasteiger partial charge in [-0.2, -0.15) is 0 Å². The minimum Gasteiger partial charge on any atom is -0.428 e. The molecule has 7 aliphatic rings. The van der Waals surface area contributed by atoms with E-state index in [-0.39, 0.29) is 30.1 Å². The predicted molar refractivity (Wildman–Crippen MR) is 94.3 cm³/mol. The van der Waals surface area contributed by atoms with E-state index in [1.54, 1.807) is 0 Å². The summed E-state index contributed by atoms with van der Waals surface area (Å²) in [7, 11) is 0. The van der Waals surface area contributed by atoms with E-state index in [1.807, 2.05) is 6.92 Å². The van der Waals surface area contributed by atoms with Gasteiger partial charge in [0.1, 0.15) is 35.1 Å². The summed E-state index contributed by atoms with van der Waals surface area (Å²) in [5.41, 5.74) is -4.21. The van der Waals surface area contributed by atoms with Crippen LogP contribution in [0.2, 0.25) is 0 Å². The van der Waals surface area contributed by atoms with Crippen molar-refractivity contribution in [3.63, 3.8) is 0 Å². The number of esters is 1. The summed E-state index contributed by atoms with van der Waals surface area (Å²) in [5.74, 6) is -0.409. The van der Waals surface area contributed by atoms with Crippen molar-refractivity contribution in [2.45, 2.75) is 99.6 Å². The van der Waals surface area contributed by atoms with Crippen molar-refractivity contribution in [3.8, 4) is 0 Å². The van der Waals surface area contributed by atoms with Crippen LogP contribution in [0.1, 0.15) is 46.5 Å². The van der Waals surface area contributed by atoms with E-state index >= 15 is 0 Å². The number of ether oxygens (including phenoxy) is 4. The number of hydrogen-bond acceptors (Lipinski definition) is 8. The molecule has 5 fully saturated rings. The van der Waals surface area contributed by atoms with Crippen molar-refractivity contribution in [1.29, 1.82) is 0 Å². The maximum atomic E-state index is 12.2. The molecule has 2 spiro atoms. The van der Waals surface area contributed by atoms with Gasteiger partial charge in [0.2, 0.25) is 6.29 Å². The van der Waals surface area contributed by atoms with E-state index in [4.69, 9.17) is 18.9 Å². The van der Waals surface area contributed by atoms with Crippen LogP contribution >= 0.6 is 0 Å². The third-order valence-electron chi connectivity index (χ3n) is 9.78. The highest BCUT2D eigenvalue weighted by Gasteiger charge is 3.02. The first-order chi connectivity index (χ1) is 13.7. The van der Waals surface area contributed by atoms with E-state index in [0.717, 1.165) is 6.42 Å². The van der Waals surface area contributed by atoms with Crippen LogP contribution in [0.15, 0.2) is 11.1 Å². The molecule has 158 valence electrons. The largest absolute Gasteiger partial charge is 0.428 e. The Morgan fingerprint density at radius 3 is 2.69 bits per heavy atom. The Morgan fingerprint density at radius 2 is 1.97 bits per heavy atom. The Balaban J connectivity index is 1.40. The molecule has 4 aliphatic heterocycles. The third-order valence-corrected chi connectivity index (χ3v) is 9.78. The average Bonchev–Trinajstić information content (AvgIpc) is 3.55. The number of cyclic esters (lactones) is 1. The second kappa shape index (κ2) is 4.45. The predicted octanol–water partition coefficient (Wildman–Crippen LogP) is -0.0735. The topological polar surface area (TPSA) is 125 Å². The van der Waals surface area contributed by atoms with Crippen molar-refractivity contribution in [2.24, 2.45) is 11.3 Å². The number of fused-ring (bicyclic) bond motifs is 4. The van der Waals surface area contributed by atoms with Gasteiger partial charge in [-0.25, -0.2) is 4.79 Å². The number of carbonyl (C=O) groups excluding carboxylic acids is 1. The monoisotopic (exact) mass is 406 g/mol. The number of carbonyl (C=O) groups is 1. The third kappa shape index (κ3) is 1.39. The molecule has 0 radical (unpaired) electrons. The molecular formula is C21H26O8. The molecule has 2 saturated carbocycles. The lowest BCUT2D eigenvalue weighted by Gasteiger charge is -2.57. The summed E-state index contributed by atoms with van der Waals surface area (Å²) >= 11 is 0. The zero-order chi connectivity index (χ0) is 20.4. The normalized spacial score (nSPS) is 63.9. The van der Waals surface area contributed by atoms with Crippen LogP contribution in [0.3, 0.4) is 0 Å². The average molecular weight is 406 g/mol. The number of aliphatic hydroxyl groups excluding tert-OH is 2. The molecular weight excluding hydrogens is 380 g/mol. The Kier molecular flexibility index (Phi) is 2.70. The van der Waals surface area contributed by atoms with Crippen molar-refractivity contribution in [3.05, 3.63) is 11.1 Å². The van der Waals surface area contributed by atoms with E-state index < -0.39 is 52.3 Å². The maximum absolute atomic E-state index is 12.2. The van der Waals surface area contributed by atoms with Crippen LogP contribution in [0, 0.1) is 11.3 Å². The van der Waals surface area contributed by atoms with Crippen LogP contribution in [-0.4, -0.2) is 74.4 Å². The quantitative estimate of drug-likeness (QED) is 0.430. The van der Waals surface area contributed by atoms with Crippen LogP contribution in [-0.2, 0) is 23.7 Å². The summed E-state index contributed by atoms with van der Waals surface area (Å²) in [5, 5.41) is 34.0. The lowest BCUT2D eigenvalue weighted by molar-refractivity contribution is -0.176. The fourth-order valence-corrected chi connectivity index (χ4v) is 7.98. The molecule has 0 bridgehead atoms. The lowest BCUT2D eigenvalue weighted by atomic mass is 9.44. The van der Waals surface area contributed by atoms with Gasteiger partial charge in [-0.15, -0.1) is 0 Å². The summed E-state index contributed by atoms with van der Waals surface area (Å²) in [4.78, 5) is 12.2. The molecule has 7 rings (SSSR count). The van der Waals surface area contributed by atoms with Gasteiger partial charge >= 0.3 is 5.97 Å². The maximum Gasteiger partial charge on any atom is 0.336 e. The first kappa shape index (κ1) is 17.6. The Morgan fingerprint density at radius 1 is 1.21 bits per heavy atom. The van der Waals surface area contributed by atoms with Crippen molar-refractivity contribution in [1.82, 2.24) is 0 Å². The molecule has 0 aromatic rings. The summed E-state index contributed by atoms with van der Waals surface area (Å²) < 4.78 is 23.8. The highest BCUT2D eigenvalue weighted by atomic mass is 16.7. The van der Waals surface area contributed by atoms with Gasteiger partial charge in [0.25, 0.3) is 0 Å². The number of rotatable bonds is 2. The van der Waals surface area contributed by atoms with Crippen molar-refractivity contribution < 1.29 is 39.1 Å². The molecule has 1 unspecified atom stereocenters. The summed E-state index contributed by atoms with van der Waals surface area (Å²) in [6.07, 6.45) is -1.31. The summed E-state index contributed by atoms with van der Waals surface area (Å²) in [6, 6.07) is 0. The molecule has 0 aromatic carbocycles. The van der Waals surface area contributed by atoms with Crippen LogP contribution in [0.4, 0.5) is 0 Å². The minimum absolute atomic E-state index is 0.154. The highest BCUT2D eigenvalue weighted by molar-refractivity contribution is 5.93. The molecule has 3 saturated heterocycles. The standard InChI is InChI=1S/C21H26O8/c1-4-8(2)19-12(28-19)13-21(29-13)17(3)6-5-9-11(15(23)26-14(9)22)18(17,25)7-10-20(21,27-10)16(19)24/h8,10,12-13,15-16,23-25H,4-7H2,1-3H3/t8?,10-,12-,13-,15+,16+,17-,18-,19-,20+,21+/m0/s1. The van der Waals surface area contributed by atoms with Gasteiger partial charge < -0.3 is 34.3 Å². The Hall–Kier alpha value is -1.03. The number of aliphatic hydroxyl groups is 3. The molecule has 0 aromatic heterocycles. The molecule has 0 amide bonds. The summed E-state index contributed by atoms with van der Waals surface area (Å²) in [6.45, 7) is 6.11. The van der Waals surface area contributed by atoms with Crippen LogP contribution in [0.25, 0.3) is 0 Å². The molecule has 3 aliphatic carbocycles. The fourth-order valence-electron chi connectivity index (χ4n) is 7.98. The second-order valence-electron chi connectivity index (χ2n) is 10.3. The SMILES string of the molecule is CCC(C)[C@]12O[C@H]1[C@@H]1O[C@]13[C@]1(O[C@H]1C[C@]1(O)C4=C(CC[C@]31C)C(=O)O[C@H]4O)[C@@H]2O. The van der Waals surface area contributed by atoms with Crippen molar-refractivity contribution >= 4 is 5.97 Å². The smallest absolute Gasteiger partial charge is 0.336 e. The van der Waals surface area contributed by atoms with E-state index in [9.17, 15) is 20.1 Å². The van der Waals surface area contributed by atoms with Gasteiger partial charge in [-0.1, -0.05) is 27.2 Å². The van der Waals surface area contributed by atoms with Crippen LogP contribution in [0.5, 0.6) is 0 Å². The van der Waals surface area contributed by atoms with Gasteiger partial charge in [0.05, 0.1) is 6.10 Å². The molecule has 29 heavy (non-hydrogen) atoms. The van der Waals surface area contributed by atoms with Gasteiger partial charge in [-0.05, 0) is 18.8 Å². The lowest BCUT2D eigenvalue weighted by Crippen LogP contribution is -2.74. The second-order valence-corrected chi connectivity index (χ2v) is 10.3. The molecule has 4 heterocycles. The zero-order valence-corrected chi connectivity index (χ0v) is 16.7. The number of hydrogen-bond donors (Lipinski definition) is 3. The number of epoxide rings is 3. The van der Waals surface area contributed by atoms with Gasteiger partial charge in [0, 0.05) is 23.0 Å². The molecule has 8 heteroatoms. The first-order valence-electron chi connectivity index (χ1n) is 10.7. The minimum atomic E-state index is -1.50. The Bertz CT molecular complexity index is 916. The molecule has 3 N–H and O–H groups in total. The van der Waals surface area contributed by atoms with E-state index in [1.165, 1.54) is 0 Å². The Labute approximate surface area is 167 Å². The first-order valence-corrected chi connectivity index (χ1v) is 10.7. The fraction of sp³-hybridized carbons (Fsp3) is 0.857. The highest BCUT2D eigenvalue weighted by Crippen LogP contribution is 2.83. The van der Waals surface area contributed by atoms with Crippen molar-refractivity contribution in [2.75, 3.05) is 0 Å².